The Balaban J connectivity index is 3.61. The van der Waals surface area contributed by atoms with Gasteiger partial charge in [0.15, 0.2) is 0 Å². The summed E-state index contributed by atoms with van der Waals surface area (Å²) in [5.74, 6) is -1.25. The SMILES string of the molecule is COC(=O)c1cc(S(=O)(=O)Cl)c(NC(C)=O)cc1OC. The maximum atomic E-state index is 11.6. The number of carbonyl (C=O) groups is 2. The first-order valence-corrected chi connectivity index (χ1v) is 7.54. The predicted octanol–water partition coefficient (Wildman–Crippen LogP) is 1.37. The molecule has 20 heavy (non-hydrogen) atoms. The van der Waals surface area contributed by atoms with Crippen molar-refractivity contribution in [3.63, 3.8) is 0 Å². The molecule has 0 fully saturated rings. The number of amides is 1. The molecule has 7 nitrogen and oxygen atoms in total. The summed E-state index contributed by atoms with van der Waals surface area (Å²) in [5, 5.41) is 2.30. The minimum Gasteiger partial charge on any atom is -0.496 e. The molecule has 0 aromatic heterocycles. The quantitative estimate of drug-likeness (QED) is 0.664. The Labute approximate surface area is 120 Å². The van der Waals surface area contributed by atoms with Crippen molar-refractivity contribution in [1.29, 1.82) is 0 Å². The molecular formula is C11H12ClNO6S. The Morgan fingerprint density at radius 3 is 2.25 bits per heavy atom. The van der Waals surface area contributed by atoms with Crippen LogP contribution in [0.1, 0.15) is 17.3 Å². The summed E-state index contributed by atoms with van der Waals surface area (Å²) in [7, 11) is 3.54. The van der Waals surface area contributed by atoms with Gasteiger partial charge in [-0.2, -0.15) is 0 Å². The molecule has 0 heterocycles. The van der Waals surface area contributed by atoms with E-state index in [1.54, 1.807) is 0 Å². The molecule has 9 heteroatoms. The zero-order chi connectivity index (χ0) is 15.5. The molecule has 1 aromatic carbocycles. The van der Waals surface area contributed by atoms with Gasteiger partial charge >= 0.3 is 5.97 Å². The van der Waals surface area contributed by atoms with Gasteiger partial charge in [-0.1, -0.05) is 0 Å². The fourth-order valence-electron chi connectivity index (χ4n) is 1.49. The summed E-state index contributed by atoms with van der Waals surface area (Å²) in [6.07, 6.45) is 0. The molecule has 1 amide bonds. The normalized spacial score (nSPS) is 10.8. The van der Waals surface area contributed by atoms with Gasteiger partial charge in [0.25, 0.3) is 9.05 Å². The molecule has 0 radical (unpaired) electrons. The van der Waals surface area contributed by atoms with Crippen LogP contribution in [0.4, 0.5) is 5.69 Å². The van der Waals surface area contributed by atoms with E-state index < -0.39 is 25.8 Å². The molecular weight excluding hydrogens is 310 g/mol. The van der Waals surface area contributed by atoms with E-state index in [9.17, 15) is 18.0 Å². The van der Waals surface area contributed by atoms with Crippen molar-refractivity contribution in [1.82, 2.24) is 0 Å². The van der Waals surface area contributed by atoms with Crippen molar-refractivity contribution < 1.29 is 27.5 Å². The fourth-order valence-corrected chi connectivity index (χ4v) is 2.50. The molecule has 0 spiro atoms. The zero-order valence-electron chi connectivity index (χ0n) is 10.9. The molecule has 0 bridgehead atoms. The maximum Gasteiger partial charge on any atom is 0.341 e. The fraction of sp³-hybridized carbons (Fsp3) is 0.273. The van der Waals surface area contributed by atoms with Crippen molar-refractivity contribution >= 4 is 37.3 Å². The lowest BCUT2D eigenvalue weighted by molar-refractivity contribution is -0.114. The van der Waals surface area contributed by atoms with Crippen molar-refractivity contribution in [2.45, 2.75) is 11.8 Å². The summed E-state index contributed by atoms with van der Waals surface area (Å²) in [6.45, 7) is 1.20. The van der Waals surface area contributed by atoms with Crippen LogP contribution in [0.25, 0.3) is 0 Å². The second kappa shape index (κ2) is 6.10. The Hall–Kier alpha value is -1.80. The van der Waals surface area contributed by atoms with Crippen LogP contribution in [0.15, 0.2) is 17.0 Å². The lowest BCUT2D eigenvalue weighted by Gasteiger charge is -2.13. The van der Waals surface area contributed by atoms with Crippen LogP contribution in [-0.4, -0.2) is 34.5 Å². The molecule has 1 aromatic rings. The van der Waals surface area contributed by atoms with Gasteiger partial charge in [-0.25, -0.2) is 13.2 Å². The Bertz CT molecular complexity index is 655. The third-order valence-electron chi connectivity index (χ3n) is 2.28. The third-order valence-corrected chi connectivity index (χ3v) is 3.64. The van der Waals surface area contributed by atoms with Gasteiger partial charge in [0.05, 0.1) is 19.9 Å². The average molecular weight is 322 g/mol. The molecule has 0 aliphatic carbocycles. The Kier molecular flexibility index (Phi) is 4.96. The van der Waals surface area contributed by atoms with Gasteiger partial charge < -0.3 is 14.8 Å². The van der Waals surface area contributed by atoms with Gasteiger partial charge in [0.1, 0.15) is 16.2 Å². The number of methoxy groups -OCH3 is 2. The van der Waals surface area contributed by atoms with Gasteiger partial charge in [-0.15, -0.1) is 0 Å². The highest BCUT2D eigenvalue weighted by Gasteiger charge is 2.23. The van der Waals surface area contributed by atoms with Crippen LogP contribution >= 0.6 is 10.7 Å². The Morgan fingerprint density at radius 2 is 1.85 bits per heavy atom. The molecule has 1 N–H and O–H groups in total. The van der Waals surface area contributed by atoms with Gasteiger partial charge in [0, 0.05) is 23.7 Å². The molecule has 0 unspecified atom stereocenters. The second-order valence-electron chi connectivity index (χ2n) is 3.66. The van der Waals surface area contributed by atoms with E-state index in [-0.39, 0.29) is 17.0 Å². The summed E-state index contributed by atoms with van der Waals surface area (Å²) in [6, 6.07) is 2.17. The van der Waals surface area contributed by atoms with E-state index in [0.717, 1.165) is 13.2 Å². The highest BCUT2D eigenvalue weighted by Crippen LogP contribution is 2.32. The number of halogens is 1. The first kappa shape index (κ1) is 16.3. The van der Waals surface area contributed by atoms with Gasteiger partial charge in [-0.3, -0.25) is 4.79 Å². The van der Waals surface area contributed by atoms with E-state index >= 15 is 0 Å². The number of benzene rings is 1. The number of nitrogens with one attached hydrogen (secondary N) is 1. The number of hydrogen-bond donors (Lipinski definition) is 1. The lowest BCUT2D eigenvalue weighted by Crippen LogP contribution is -2.12. The van der Waals surface area contributed by atoms with Crippen LogP contribution in [-0.2, 0) is 18.6 Å². The minimum atomic E-state index is -4.17. The van der Waals surface area contributed by atoms with Crippen LogP contribution < -0.4 is 10.1 Å². The first-order chi connectivity index (χ1) is 9.20. The summed E-state index contributed by atoms with van der Waals surface area (Å²) < 4.78 is 32.5. The smallest absolute Gasteiger partial charge is 0.341 e. The van der Waals surface area contributed by atoms with Gasteiger partial charge in [0.2, 0.25) is 5.91 Å². The highest BCUT2D eigenvalue weighted by molar-refractivity contribution is 8.13. The van der Waals surface area contributed by atoms with Crippen molar-refractivity contribution in [3.8, 4) is 5.75 Å². The number of carbonyl (C=O) groups excluding carboxylic acids is 2. The third kappa shape index (κ3) is 3.61. The number of rotatable bonds is 4. The monoisotopic (exact) mass is 321 g/mol. The van der Waals surface area contributed by atoms with Crippen molar-refractivity contribution in [2.75, 3.05) is 19.5 Å². The predicted molar refractivity (Wildman–Crippen MR) is 71.7 cm³/mol. The van der Waals surface area contributed by atoms with E-state index in [1.807, 2.05) is 0 Å². The van der Waals surface area contributed by atoms with Crippen LogP contribution in [0, 0.1) is 0 Å². The number of ether oxygens (including phenoxy) is 2. The number of esters is 1. The maximum absolute atomic E-state index is 11.6. The van der Waals surface area contributed by atoms with Gasteiger partial charge in [-0.05, 0) is 6.07 Å². The molecule has 0 atom stereocenters. The van der Waals surface area contributed by atoms with E-state index in [2.05, 4.69) is 10.1 Å². The molecule has 0 aliphatic rings. The minimum absolute atomic E-state index is 0.0460. The molecule has 0 saturated carbocycles. The van der Waals surface area contributed by atoms with Crippen molar-refractivity contribution in [2.24, 2.45) is 0 Å². The standard InChI is InChI=1S/C11H12ClNO6S/c1-6(14)13-8-5-9(18-2)7(11(15)19-3)4-10(8)20(12,16)17/h4-5H,1-3H3,(H,13,14). The summed E-state index contributed by atoms with van der Waals surface area (Å²) >= 11 is 0. The van der Waals surface area contributed by atoms with Crippen LogP contribution in [0.3, 0.4) is 0 Å². The molecule has 110 valence electrons. The Morgan fingerprint density at radius 1 is 1.25 bits per heavy atom. The number of hydrogen-bond acceptors (Lipinski definition) is 6. The molecule has 1 rings (SSSR count). The molecule has 0 saturated heterocycles. The zero-order valence-corrected chi connectivity index (χ0v) is 12.5. The van der Waals surface area contributed by atoms with E-state index in [0.29, 0.717) is 0 Å². The second-order valence-corrected chi connectivity index (χ2v) is 6.19. The van der Waals surface area contributed by atoms with E-state index in [4.69, 9.17) is 15.4 Å². The largest absolute Gasteiger partial charge is 0.496 e. The lowest BCUT2D eigenvalue weighted by atomic mass is 10.1. The van der Waals surface area contributed by atoms with Crippen LogP contribution in [0.5, 0.6) is 5.75 Å². The summed E-state index contributed by atoms with van der Waals surface area (Å²) in [4.78, 5) is 22.2. The average Bonchev–Trinajstić information content (AvgIpc) is 2.35. The summed E-state index contributed by atoms with van der Waals surface area (Å²) in [5.41, 5.74) is -0.208. The topological polar surface area (TPSA) is 98.8 Å². The number of anilines is 1. The first-order valence-electron chi connectivity index (χ1n) is 5.23. The molecule has 0 aliphatic heterocycles. The highest BCUT2D eigenvalue weighted by atomic mass is 35.7. The van der Waals surface area contributed by atoms with Crippen molar-refractivity contribution in [3.05, 3.63) is 17.7 Å². The van der Waals surface area contributed by atoms with Crippen LogP contribution in [0.2, 0.25) is 0 Å². The van der Waals surface area contributed by atoms with E-state index in [1.165, 1.54) is 20.1 Å².